The summed E-state index contributed by atoms with van der Waals surface area (Å²) in [6.07, 6.45) is 0. The van der Waals surface area contributed by atoms with Gasteiger partial charge in [0.2, 0.25) is 0 Å². The predicted octanol–water partition coefficient (Wildman–Crippen LogP) is 4.13. The van der Waals surface area contributed by atoms with Gasteiger partial charge in [-0.3, -0.25) is 10.1 Å². The fourth-order valence-corrected chi connectivity index (χ4v) is 2.08. The molecule has 2 N–H and O–H groups in total. The van der Waals surface area contributed by atoms with Crippen LogP contribution in [0.25, 0.3) is 0 Å². The van der Waals surface area contributed by atoms with Gasteiger partial charge in [-0.25, -0.2) is 0 Å². The fourth-order valence-electron chi connectivity index (χ4n) is 1.89. The molecular formula is C14H13ClN2O3. The molecule has 0 aliphatic rings. The topological polar surface area (TPSA) is 75.4 Å². The highest BCUT2D eigenvalue weighted by Gasteiger charge is 2.17. The average molecular weight is 293 g/mol. The molecule has 0 aliphatic carbocycles. The van der Waals surface area contributed by atoms with Crippen molar-refractivity contribution in [2.24, 2.45) is 0 Å². The van der Waals surface area contributed by atoms with E-state index in [2.05, 4.69) is 5.32 Å². The first-order valence-electron chi connectivity index (χ1n) is 5.97. The number of hydrogen-bond donors (Lipinski definition) is 2. The van der Waals surface area contributed by atoms with Crippen LogP contribution in [0.3, 0.4) is 0 Å². The Morgan fingerprint density at radius 3 is 2.70 bits per heavy atom. The Labute approximate surface area is 121 Å². The van der Waals surface area contributed by atoms with E-state index in [1.807, 2.05) is 19.1 Å². The molecule has 2 rings (SSSR count). The Hall–Kier alpha value is -2.27. The van der Waals surface area contributed by atoms with Crippen molar-refractivity contribution in [1.29, 1.82) is 0 Å². The van der Waals surface area contributed by atoms with Crippen LogP contribution in [0.4, 0.5) is 11.4 Å². The summed E-state index contributed by atoms with van der Waals surface area (Å²) >= 11 is 5.93. The lowest BCUT2D eigenvalue weighted by Crippen LogP contribution is -2.08. The predicted molar refractivity (Wildman–Crippen MR) is 78.3 cm³/mol. The van der Waals surface area contributed by atoms with E-state index in [9.17, 15) is 15.2 Å². The average Bonchev–Trinajstić information content (AvgIpc) is 2.40. The lowest BCUT2D eigenvalue weighted by molar-refractivity contribution is -0.384. The molecule has 0 saturated carbocycles. The number of phenolic OH excluding ortho intramolecular Hbond substituents is 1. The number of halogens is 1. The van der Waals surface area contributed by atoms with Gasteiger partial charge in [0.15, 0.2) is 0 Å². The maximum Gasteiger partial charge on any atom is 0.296 e. The molecule has 0 spiro atoms. The van der Waals surface area contributed by atoms with E-state index in [0.717, 1.165) is 11.6 Å². The van der Waals surface area contributed by atoms with Gasteiger partial charge in [-0.2, -0.15) is 0 Å². The van der Waals surface area contributed by atoms with Gasteiger partial charge in [-0.1, -0.05) is 23.7 Å². The standard InChI is InChI=1S/C14H13ClN2O3/c1-9(10-3-2-4-11(15)7-10)16-13-6-5-12(18)8-14(13)17(19)20/h2-9,16,18H,1H3. The molecule has 0 amide bonds. The van der Waals surface area contributed by atoms with Crippen molar-refractivity contribution in [2.75, 3.05) is 5.32 Å². The van der Waals surface area contributed by atoms with Crippen LogP contribution >= 0.6 is 11.6 Å². The molecule has 2 aromatic rings. The van der Waals surface area contributed by atoms with Crippen LogP contribution in [-0.4, -0.2) is 10.0 Å². The Kier molecular flexibility index (Phi) is 4.10. The van der Waals surface area contributed by atoms with E-state index in [4.69, 9.17) is 11.6 Å². The molecule has 0 saturated heterocycles. The summed E-state index contributed by atoms with van der Waals surface area (Å²) in [5.41, 5.74) is 1.10. The number of rotatable bonds is 4. The van der Waals surface area contributed by atoms with Gasteiger partial charge in [0.25, 0.3) is 5.69 Å². The summed E-state index contributed by atoms with van der Waals surface area (Å²) in [4.78, 5) is 10.4. The minimum absolute atomic E-state index is 0.141. The normalized spacial score (nSPS) is 11.9. The lowest BCUT2D eigenvalue weighted by Gasteiger charge is -2.16. The van der Waals surface area contributed by atoms with E-state index in [1.54, 1.807) is 12.1 Å². The molecule has 0 bridgehead atoms. The van der Waals surface area contributed by atoms with Gasteiger partial charge in [0, 0.05) is 11.1 Å². The Bertz CT molecular complexity index is 646. The van der Waals surface area contributed by atoms with E-state index >= 15 is 0 Å². The third-order valence-corrected chi connectivity index (χ3v) is 3.13. The number of phenols is 1. The quantitative estimate of drug-likeness (QED) is 0.505. The first-order chi connectivity index (χ1) is 9.47. The molecule has 1 atom stereocenters. The number of nitrogens with zero attached hydrogens (tertiary/aromatic N) is 1. The van der Waals surface area contributed by atoms with Gasteiger partial charge >= 0.3 is 0 Å². The van der Waals surface area contributed by atoms with Crippen molar-refractivity contribution >= 4 is 23.0 Å². The molecule has 2 aromatic carbocycles. The second kappa shape index (κ2) is 5.79. The fraction of sp³-hybridized carbons (Fsp3) is 0.143. The molecule has 0 fully saturated rings. The highest BCUT2D eigenvalue weighted by molar-refractivity contribution is 6.30. The molecule has 1 unspecified atom stereocenters. The summed E-state index contributed by atoms with van der Waals surface area (Å²) in [7, 11) is 0. The van der Waals surface area contributed by atoms with E-state index in [1.165, 1.54) is 12.1 Å². The van der Waals surface area contributed by atoms with Crippen LogP contribution < -0.4 is 5.32 Å². The molecule has 6 heteroatoms. The van der Waals surface area contributed by atoms with Crippen molar-refractivity contribution in [3.8, 4) is 5.75 Å². The summed E-state index contributed by atoms with van der Waals surface area (Å²) in [5, 5.41) is 24.0. The Morgan fingerprint density at radius 1 is 1.30 bits per heavy atom. The summed E-state index contributed by atoms with van der Waals surface area (Å²) < 4.78 is 0. The number of aromatic hydroxyl groups is 1. The van der Waals surface area contributed by atoms with Crippen molar-refractivity contribution in [1.82, 2.24) is 0 Å². The number of nitrogens with one attached hydrogen (secondary N) is 1. The van der Waals surface area contributed by atoms with Crippen LogP contribution in [0.2, 0.25) is 5.02 Å². The van der Waals surface area contributed by atoms with Crippen LogP contribution in [0, 0.1) is 10.1 Å². The van der Waals surface area contributed by atoms with E-state index in [-0.39, 0.29) is 17.5 Å². The van der Waals surface area contributed by atoms with Gasteiger partial charge < -0.3 is 10.4 Å². The molecule has 0 heterocycles. The first-order valence-corrected chi connectivity index (χ1v) is 6.34. The van der Waals surface area contributed by atoms with Gasteiger partial charge in [-0.15, -0.1) is 0 Å². The SMILES string of the molecule is CC(Nc1ccc(O)cc1[N+](=O)[O-])c1cccc(Cl)c1. The number of benzene rings is 2. The maximum atomic E-state index is 11.0. The van der Waals surface area contributed by atoms with Crippen molar-refractivity contribution < 1.29 is 10.0 Å². The summed E-state index contributed by atoms with van der Waals surface area (Å²) in [5.74, 6) is -0.141. The van der Waals surface area contributed by atoms with Crippen LogP contribution in [0.15, 0.2) is 42.5 Å². The summed E-state index contributed by atoms with van der Waals surface area (Å²) in [6.45, 7) is 1.88. The zero-order valence-corrected chi connectivity index (χ0v) is 11.5. The molecule has 104 valence electrons. The van der Waals surface area contributed by atoms with Crippen molar-refractivity contribution in [3.05, 3.63) is 63.2 Å². The second-order valence-corrected chi connectivity index (χ2v) is 4.82. The van der Waals surface area contributed by atoms with Crippen molar-refractivity contribution in [3.63, 3.8) is 0 Å². The van der Waals surface area contributed by atoms with Crippen molar-refractivity contribution in [2.45, 2.75) is 13.0 Å². The van der Waals surface area contributed by atoms with E-state index in [0.29, 0.717) is 10.7 Å². The third kappa shape index (κ3) is 3.19. The number of hydrogen-bond acceptors (Lipinski definition) is 4. The number of nitro benzene ring substituents is 1. The molecule has 0 aromatic heterocycles. The smallest absolute Gasteiger partial charge is 0.296 e. The van der Waals surface area contributed by atoms with Crippen LogP contribution in [-0.2, 0) is 0 Å². The lowest BCUT2D eigenvalue weighted by atomic mass is 10.1. The molecule has 0 aliphatic heterocycles. The highest BCUT2D eigenvalue weighted by atomic mass is 35.5. The highest BCUT2D eigenvalue weighted by Crippen LogP contribution is 2.31. The minimum Gasteiger partial charge on any atom is -0.508 e. The first kappa shape index (κ1) is 14.1. The van der Waals surface area contributed by atoms with Gasteiger partial charge in [0.1, 0.15) is 11.4 Å². The Balaban J connectivity index is 2.28. The largest absolute Gasteiger partial charge is 0.508 e. The second-order valence-electron chi connectivity index (χ2n) is 4.38. The van der Waals surface area contributed by atoms with Crippen LogP contribution in [0.1, 0.15) is 18.5 Å². The molecule has 20 heavy (non-hydrogen) atoms. The third-order valence-electron chi connectivity index (χ3n) is 2.90. The molecular weight excluding hydrogens is 280 g/mol. The molecule has 5 nitrogen and oxygen atoms in total. The zero-order valence-electron chi connectivity index (χ0n) is 10.7. The maximum absolute atomic E-state index is 11.0. The van der Waals surface area contributed by atoms with E-state index < -0.39 is 4.92 Å². The zero-order chi connectivity index (χ0) is 14.7. The number of anilines is 1. The monoisotopic (exact) mass is 292 g/mol. The summed E-state index contributed by atoms with van der Waals surface area (Å²) in [6, 6.07) is 11.1. The van der Waals surface area contributed by atoms with Crippen LogP contribution in [0.5, 0.6) is 5.75 Å². The minimum atomic E-state index is -0.535. The number of nitro groups is 1. The van der Waals surface area contributed by atoms with Gasteiger partial charge in [-0.05, 0) is 36.8 Å². The molecule has 0 radical (unpaired) electrons. The Morgan fingerprint density at radius 2 is 2.05 bits per heavy atom. The van der Waals surface area contributed by atoms with Gasteiger partial charge in [0.05, 0.1) is 11.0 Å².